The first kappa shape index (κ1) is 10.7. The summed E-state index contributed by atoms with van der Waals surface area (Å²) in [5, 5.41) is 4.71. The van der Waals surface area contributed by atoms with E-state index < -0.39 is 0 Å². The zero-order valence-electron chi connectivity index (χ0n) is 8.86. The van der Waals surface area contributed by atoms with Crippen LogP contribution in [0.1, 0.15) is 15.2 Å². The number of anilines is 2. The van der Waals surface area contributed by atoms with E-state index in [1.165, 1.54) is 11.3 Å². The summed E-state index contributed by atoms with van der Waals surface area (Å²) in [7, 11) is 0. The van der Waals surface area contributed by atoms with Crippen molar-refractivity contribution in [3.63, 3.8) is 0 Å². The molecule has 2 rings (SSSR count). The van der Waals surface area contributed by atoms with E-state index >= 15 is 0 Å². The molecule has 0 saturated carbocycles. The van der Waals surface area contributed by atoms with Gasteiger partial charge in [0, 0.05) is 11.4 Å². The summed E-state index contributed by atoms with van der Waals surface area (Å²) < 4.78 is 0. The minimum absolute atomic E-state index is 0.0841. The summed E-state index contributed by atoms with van der Waals surface area (Å²) in [6.45, 7) is 1.91. The van der Waals surface area contributed by atoms with Gasteiger partial charge in [0.2, 0.25) is 0 Å². The molecule has 1 heterocycles. The Hall–Kier alpha value is -1.81. The molecular weight excluding hydrogens is 220 g/mol. The fourth-order valence-electron chi connectivity index (χ4n) is 1.35. The van der Waals surface area contributed by atoms with Crippen LogP contribution in [0.2, 0.25) is 0 Å². The van der Waals surface area contributed by atoms with Crippen LogP contribution in [-0.2, 0) is 0 Å². The van der Waals surface area contributed by atoms with Gasteiger partial charge < -0.3 is 11.1 Å². The maximum Gasteiger partial charge on any atom is 0.265 e. The van der Waals surface area contributed by atoms with Crippen LogP contribution in [0, 0.1) is 6.92 Å². The smallest absolute Gasteiger partial charge is 0.265 e. The third kappa shape index (κ3) is 2.23. The van der Waals surface area contributed by atoms with Gasteiger partial charge >= 0.3 is 0 Å². The Morgan fingerprint density at radius 1 is 1.38 bits per heavy atom. The molecule has 0 unspecified atom stereocenters. The summed E-state index contributed by atoms with van der Waals surface area (Å²) in [5.41, 5.74) is 8.16. The van der Waals surface area contributed by atoms with Crippen LogP contribution < -0.4 is 11.1 Å². The summed E-state index contributed by atoms with van der Waals surface area (Å²) >= 11 is 1.42. The largest absolute Gasteiger partial charge is 0.399 e. The standard InChI is InChI=1S/C12H12N2OS/c1-8-7-9(4-5-10(8)13)14-12(15)11-3-2-6-16-11/h2-7H,13H2,1H3,(H,14,15). The molecule has 0 aliphatic heterocycles. The zero-order chi connectivity index (χ0) is 11.5. The quantitative estimate of drug-likeness (QED) is 0.782. The van der Waals surface area contributed by atoms with Crippen molar-refractivity contribution in [2.75, 3.05) is 11.1 Å². The van der Waals surface area contributed by atoms with Crippen molar-refractivity contribution < 1.29 is 4.79 Å². The maximum atomic E-state index is 11.7. The molecule has 0 fully saturated rings. The van der Waals surface area contributed by atoms with E-state index in [1.807, 2.05) is 24.4 Å². The molecule has 1 amide bonds. The number of nitrogens with one attached hydrogen (secondary N) is 1. The van der Waals surface area contributed by atoms with Crippen molar-refractivity contribution in [2.45, 2.75) is 6.92 Å². The Morgan fingerprint density at radius 2 is 2.19 bits per heavy atom. The van der Waals surface area contributed by atoms with Gasteiger partial charge in [-0.05, 0) is 42.1 Å². The van der Waals surface area contributed by atoms with E-state index in [2.05, 4.69) is 5.32 Å². The second-order valence-corrected chi connectivity index (χ2v) is 4.45. The Bertz CT molecular complexity index is 506. The average molecular weight is 232 g/mol. The van der Waals surface area contributed by atoms with Crippen LogP contribution in [-0.4, -0.2) is 5.91 Å². The number of nitrogen functional groups attached to an aromatic ring is 1. The van der Waals surface area contributed by atoms with Gasteiger partial charge in [-0.2, -0.15) is 0 Å². The van der Waals surface area contributed by atoms with Crippen molar-refractivity contribution in [1.82, 2.24) is 0 Å². The van der Waals surface area contributed by atoms with Crippen LogP contribution in [0.15, 0.2) is 35.7 Å². The molecule has 1 aromatic carbocycles. The first-order chi connectivity index (χ1) is 7.66. The van der Waals surface area contributed by atoms with Crippen LogP contribution in [0.4, 0.5) is 11.4 Å². The van der Waals surface area contributed by atoms with E-state index in [0.29, 0.717) is 4.88 Å². The predicted molar refractivity (Wildman–Crippen MR) is 67.9 cm³/mol. The number of hydrogen-bond donors (Lipinski definition) is 2. The molecule has 0 saturated heterocycles. The number of hydrogen-bond acceptors (Lipinski definition) is 3. The lowest BCUT2D eigenvalue weighted by Crippen LogP contribution is -2.10. The summed E-state index contributed by atoms with van der Waals surface area (Å²) in [4.78, 5) is 12.4. The molecule has 0 aliphatic carbocycles. The number of thiophene rings is 1. The first-order valence-electron chi connectivity index (χ1n) is 4.88. The highest BCUT2D eigenvalue weighted by molar-refractivity contribution is 7.12. The number of aryl methyl sites for hydroxylation is 1. The fourth-order valence-corrected chi connectivity index (χ4v) is 1.97. The average Bonchev–Trinajstić information content (AvgIpc) is 2.77. The Labute approximate surface area is 97.9 Å². The van der Waals surface area contributed by atoms with Crippen molar-refractivity contribution in [2.24, 2.45) is 0 Å². The van der Waals surface area contributed by atoms with E-state index in [4.69, 9.17) is 5.73 Å². The third-order valence-corrected chi connectivity index (χ3v) is 3.14. The highest BCUT2D eigenvalue weighted by atomic mass is 32.1. The predicted octanol–water partition coefficient (Wildman–Crippen LogP) is 2.89. The van der Waals surface area contributed by atoms with Gasteiger partial charge in [-0.25, -0.2) is 0 Å². The molecule has 0 bridgehead atoms. The van der Waals surface area contributed by atoms with Crippen molar-refractivity contribution in [1.29, 1.82) is 0 Å². The summed E-state index contributed by atoms with van der Waals surface area (Å²) in [6.07, 6.45) is 0. The molecule has 16 heavy (non-hydrogen) atoms. The Kier molecular flexibility index (Phi) is 2.92. The van der Waals surface area contributed by atoms with Crippen LogP contribution in [0.3, 0.4) is 0 Å². The highest BCUT2D eigenvalue weighted by Gasteiger charge is 2.06. The van der Waals surface area contributed by atoms with E-state index in [-0.39, 0.29) is 5.91 Å². The Morgan fingerprint density at radius 3 is 2.81 bits per heavy atom. The van der Waals surface area contributed by atoms with E-state index in [9.17, 15) is 4.79 Å². The van der Waals surface area contributed by atoms with Gasteiger partial charge in [-0.3, -0.25) is 4.79 Å². The van der Waals surface area contributed by atoms with Gasteiger partial charge in [0.25, 0.3) is 5.91 Å². The summed E-state index contributed by atoms with van der Waals surface area (Å²) in [6, 6.07) is 9.10. The lowest BCUT2D eigenvalue weighted by Gasteiger charge is -2.06. The first-order valence-corrected chi connectivity index (χ1v) is 5.76. The van der Waals surface area contributed by atoms with Gasteiger partial charge in [-0.1, -0.05) is 6.07 Å². The van der Waals surface area contributed by atoms with Crippen LogP contribution >= 0.6 is 11.3 Å². The van der Waals surface area contributed by atoms with Crippen molar-refractivity contribution >= 4 is 28.6 Å². The fraction of sp³-hybridized carbons (Fsp3) is 0.0833. The molecule has 0 radical (unpaired) electrons. The highest BCUT2D eigenvalue weighted by Crippen LogP contribution is 2.18. The molecule has 82 valence electrons. The number of carbonyl (C=O) groups excluding carboxylic acids is 1. The van der Waals surface area contributed by atoms with Gasteiger partial charge in [0.15, 0.2) is 0 Å². The number of rotatable bonds is 2. The molecular formula is C12H12N2OS. The molecule has 0 atom stereocenters. The lowest BCUT2D eigenvalue weighted by molar-refractivity contribution is 0.103. The second kappa shape index (κ2) is 4.37. The second-order valence-electron chi connectivity index (χ2n) is 3.50. The third-order valence-electron chi connectivity index (χ3n) is 2.27. The minimum Gasteiger partial charge on any atom is -0.399 e. The Balaban J connectivity index is 2.15. The molecule has 0 spiro atoms. The van der Waals surface area contributed by atoms with Gasteiger partial charge in [-0.15, -0.1) is 11.3 Å². The molecule has 0 aliphatic rings. The van der Waals surface area contributed by atoms with Crippen molar-refractivity contribution in [3.8, 4) is 0 Å². The molecule has 4 heteroatoms. The van der Waals surface area contributed by atoms with E-state index in [0.717, 1.165) is 16.9 Å². The zero-order valence-corrected chi connectivity index (χ0v) is 9.67. The monoisotopic (exact) mass is 232 g/mol. The van der Waals surface area contributed by atoms with Crippen LogP contribution in [0.5, 0.6) is 0 Å². The van der Waals surface area contributed by atoms with Gasteiger partial charge in [0.05, 0.1) is 4.88 Å². The maximum absolute atomic E-state index is 11.7. The molecule has 2 aromatic rings. The van der Waals surface area contributed by atoms with E-state index in [1.54, 1.807) is 18.2 Å². The summed E-state index contributed by atoms with van der Waals surface area (Å²) in [5.74, 6) is -0.0841. The topological polar surface area (TPSA) is 55.1 Å². The lowest BCUT2D eigenvalue weighted by atomic mass is 10.2. The van der Waals surface area contributed by atoms with Gasteiger partial charge in [0.1, 0.15) is 0 Å². The SMILES string of the molecule is Cc1cc(NC(=O)c2cccs2)ccc1N. The van der Waals surface area contributed by atoms with Crippen LogP contribution in [0.25, 0.3) is 0 Å². The minimum atomic E-state index is -0.0841. The normalized spacial score (nSPS) is 10.1. The molecule has 3 N–H and O–H groups in total. The van der Waals surface area contributed by atoms with Crippen molar-refractivity contribution in [3.05, 3.63) is 46.2 Å². The number of benzene rings is 1. The number of amides is 1. The number of carbonyl (C=O) groups is 1. The number of nitrogens with two attached hydrogens (primary N) is 1. The molecule has 3 nitrogen and oxygen atoms in total. The molecule has 1 aromatic heterocycles.